The van der Waals surface area contributed by atoms with Gasteiger partial charge in [-0.15, -0.1) is 0 Å². The Kier molecular flexibility index (Phi) is 8.98. The molecule has 0 heterocycles. The SMILES string of the molecule is CC(C)NC(=O)NC(=O)[C@@H](C)OC(=O)CCCOc1ccc(Br)cc1. The highest BCUT2D eigenvalue weighted by Gasteiger charge is 2.19. The van der Waals surface area contributed by atoms with Crippen LogP contribution >= 0.6 is 15.9 Å². The van der Waals surface area contributed by atoms with E-state index >= 15 is 0 Å². The van der Waals surface area contributed by atoms with E-state index in [1.54, 1.807) is 13.8 Å². The first-order valence-electron chi connectivity index (χ1n) is 7.97. The average Bonchev–Trinajstić information content (AvgIpc) is 2.52. The molecule has 138 valence electrons. The third-order valence-corrected chi connectivity index (χ3v) is 3.47. The van der Waals surface area contributed by atoms with Gasteiger partial charge in [0.1, 0.15) is 5.75 Å². The van der Waals surface area contributed by atoms with Crippen LogP contribution in [0, 0.1) is 0 Å². The van der Waals surface area contributed by atoms with E-state index in [-0.39, 0.29) is 12.5 Å². The van der Waals surface area contributed by atoms with Crippen molar-refractivity contribution in [3.8, 4) is 5.75 Å². The summed E-state index contributed by atoms with van der Waals surface area (Å²) >= 11 is 3.33. The predicted molar refractivity (Wildman–Crippen MR) is 96.2 cm³/mol. The molecular weight excluding hydrogens is 392 g/mol. The van der Waals surface area contributed by atoms with Crippen LogP contribution in [0.1, 0.15) is 33.6 Å². The summed E-state index contributed by atoms with van der Waals surface area (Å²) in [6.07, 6.45) is -0.471. The van der Waals surface area contributed by atoms with Gasteiger partial charge in [-0.05, 0) is 51.5 Å². The van der Waals surface area contributed by atoms with Gasteiger partial charge in [0.2, 0.25) is 0 Å². The van der Waals surface area contributed by atoms with Crippen molar-refractivity contribution in [2.45, 2.75) is 45.8 Å². The maximum absolute atomic E-state index is 11.7. The molecule has 1 aromatic rings. The Labute approximate surface area is 155 Å². The van der Waals surface area contributed by atoms with Crippen molar-refractivity contribution in [3.05, 3.63) is 28.7 Å². The molecule has 0 aliphatic carbocycles. The minimum Gasteiger partial charge on any atom is -0.494 e. The Bertz CT molecular complexity index is 589. The number of carbonyl (C=O) groups excluding carboxylic acids is 3. The van der Waals surface area contributed by atoms with E-state index in [2.05, 4.69) is 26.6 Å². The van der Waals surface area contributed by atoms with Gasteiger partial charge >= 0.3 is 12.0 Å². The fraction of sp³-hybridized carbons (Fsp3) is 0.471. The number of hydrogen-bond donors (Lipinski definition) is 2. The summed E-state index contributed by atoms with van der Waals surface area (Å²) < 4.78 is 11.4. The van der Waals surface area contributed by atoms with Crippen LogP contribution in [0.15, 0.2) is 28.7 Å². The van der Waals surface area contributed by atoms with E-state index in [4.69, 9.17) is 9.47 Å². The van der Waals surface area contributed by atoms with Gasteiger partial charge in [-0.3, -0.25) is 14.9 Å². The molecular formula is C17H23BrN2O5. The molecule has 8 heteroatoms. The summed E-state index contributed by atoms with van der Waals surface area (Å²) in [7, 11) is 0. The molecule has 0 saturated heterocycles. The van der Waals surface area contributed by atoms with Crippen molar-refractivity contribution in [2.24, 2.45) is 0 Å². The number of imide groups is 1. The zero-order chi connectivity index (χ0) is 18.8. The number of carbonyl (C=O) groups is 3. The molecule has 0 unspecified atom stereocenters. The van der Waals surface area contributed by atoms with Gasteiger partial charge in [0.05, 0.1) is 6.61 Å². The van der Waals surface area contributed by atoms with Crippen LogP contribution in [0.5, 0.6) is 5.75 Å². The molecule has 7 nitrogen and oxygen atoms in total. The Morgan fingerprint density at radius 1 is 1.12 bits per heavy atom. The number of amides is 3. The number of nitrogens with one attached hydrogen (secondary N) is 2. The van der Waals surface area contributed by atoms with Crippen LogP contribution in [-0.4, -0.2) is 36.7 Å². The van der Waals surface area contributed by atoms with E-state index in [0.29, 0.717) is 18.8 Å². The fourth-order valence-electron chi connectivity index (χ4n) is 1.76. The van der Waals surface area contributed by atoms with Crippen LogP contribution in [0.4, 0.5) is 4.79 Å². The van der Waals surface area contributed by atoms with Gasteiger partial charge in [0.15, 0.2) is 6.10 Å². The van der Waals surface area contributed by atoms with Gasteiger partial charge in [-0.1, -0.05) is 15.9 Å². The van der Waals surface area contributed by atoms with Crippen LogP contribution in [0.3, 0.4) is 0 Å². The number of benzene rings is 1. The monoisotopic (exact) mass is 414 g/mol. The molecule has 1 rings (SSSR count). The van der Waals surface area contributed by atoms with Gasteiger partial charge in [0.25, 0.3) is 5.91 Å². The quantitative estimate of drug-likeness (QED) is 0.503. The van der Waals surface area contributed by atoms with Gasteiger partial charge in [-0.25, -0.2) is 4.79 Å². The first-order valence-corrected chi connectivity index (χ1v) is 8.76. The van der Waals surface area contributed by atoms with Gasteiger partial charge in [0, 0.05) is 16.9 Å². The molecule has 1 aromatic carbocycles. The number of urea groups is 1. The molecule has 0 radical (unpaired) electrons. The fourth-order valence-corrected chi connectivity index (χ4v) is 2.02. The highest BCUT2D eigenvalue weighted by Crippen LogP contribution is 2.16. The standard InChI is InChI=1S/C17H23BrN2O5/c1-11(2)19-17(23)20-16(22)12(3)25-15(21)5-4-10-24-14-8-6-13(18)7-9-14/h6-9,11-12H,4-5,10H2,1-3H3,(H2,19,20,22,23)/t12-/m1/s1. The second-order valence-electron chi connectivity index (χ2n) is 5.66. The van der Waals surface area contributed by atoms with Gasteiger partial charge < -0.3 is 14.8 Å². The van der Waals surface area contributed by atoms with Crippen molar-refractivity contribution >= 4 is 33.8 Å². The van der Waals surface area contributed by atoms with Crippen LogP contribution in [0.25, 0.3) is 0 Å². The zero-order valence-electron chi connectivity index (χ0n) is 14.5. The second-order valence-corrected chi connectivity index (χ2v) is 6.57. The maximum Gasteiger partial charge on any atom is 0.321 e. The second kappa shape index (κ2) is 10.7. The average molecular weight is 415 g/mol. The lowest BCUT2D eigenvalue weighted by atomic mass is 10.3. The molecule has 1 atom stereocenters. The lowest BCUT2D eigenvalue weighted by molar-refractivity contribution is -0.154. The van der Waals surface area contributed by atoms with Crippen molar-refractivity contribution in [1.29, 1.82) is 0 Å². The summed E-state index contributed by atoms with van der Waals surface area (Å²) in [6.45, 7) is 5.30. The van der Waals surface area contributed by atoms with E-state index in [1.807, 2.05) is 24.3 Å². The first kappa shape index (κ1) is 21.0. The number of rotatable bonds is 8. The normalized spacial score (nSPS) is 11.6. The van der Waals surface area contributed by atoms with Crippen molar-refractivity contribution in [2.75, 3.05) is 6.61 Å². The topological polar surface area (TPSA) is 93.7 Å². The smallest absolute Gasteiger partial charge is 0.321 e. The number of hydrogen-bond acceptors (Lipinski definition) is 5. The highest BCUT2D eigenvalue weighted by atomic mass is 79.9. The van der Waals surface area contributed by atoms with Crippen molar-refractivity contribution in [3.63, 3.8) is 0 Å². The Morgan fingerprint density at radius 3 is 2.36 bits per heavy atom. The molecule has 0 spiro atoms. The van der Waals surface area contributed by atoms with E-state index in [0.717, 1.165) is 4.47 Å². The zero-order valence-corrected chi connectivity index (χ0v) is 16.1. The highest BCUT2D eigenvalue weighted by molar-refractivity contribution is 9.10. The minimum absolute atomic E-state index is 0.101. The molecule has 3 amide bonds. The van der Waals surface area contributed by atoms with Crippen molar-refractivity contribution in [1.82, 2.24) is 10.6 Å². The van der Waals surface area contributed by atoms with E-state index < -0.39 is 24.0 Å². The lowest BCUT2D eigenvalue weighted by Crippen LogP contribution is -2.46. The van der Waals surface area contributed by atoms with Crippen molar-refractivity contribution < 1.29 is 23.9 Å². The van der Waals surface area contributed by atoms with Crippen LogP contribution in [-0.2, 0) is 14.3 Å². The Balaban J connectivity index is 2.23. The molecule has 0 fully saturated rings. The minimum atomic E-state index is -1.04. The molecule has 0 bridgehead atoms. The summed E-state index contributed by atoms with van der Waals surface area (Å²) in [5.41, 5.74) is 0. The van der Waals surface area contributed by atoms with E-state index in [1.165, 1.54) is 6.92 Å². The van der Waals surface area contributed by atoms with E-state index in [9.17, 15) is 14.4 Å². The molecule has 0 aromatic heterocycles. The summed E-state index contributed by atoms with van der Waals surface area (Å²) in [6, 6.07) is 6.63. The Hall–Kier alpha value is -2.09. The number of halogens is 1. The third-order valence-electron chi connectivity index (χ3n) is 2.94. The maximum atomic E-state index is 11.7. The van der Waals surface area contributed by atoms with Crippen LogP contribution in [0.2, 0.25) is 0 Å². The van der Waals surface area contributed by atoms with Gasteiger partial charge in [-0.2, -0.15) is 0 Å². The molecule has 2 N–H and O–H groups in total. The Morgan fingerprint density at radius 2 is 1.76 bits per heavy atom. The molecule has 0 saturated carbocycles. The molecule has 0 aliphatic heterocycles. The summed E-state index contributed by atoms with van der Waals surface area (Å²) in [4.78, 5) is 34.9. The number of esters is 1. The predicted octanol–water partition coefficient (Wildman–Crippen LogP) is 2.77. The summed E-state index contributed by atoms with van der Waals surface area (Å²) in [5.74, 6) is -0.482. The molecule has 25 heavy (non-hydrogen) atoms. The summed E-state index contributed by atoms with van der Waals surface area (Å²) in [5, 5.41) is 4.63. The lowest BCUT2D eigenvalue weighted by Gasteiger charge is -2.14. The molecule has 0 aliphatic rings. The van der Waals surface area contributed by atoms with Crippen LogP contribution < -0.4 is 15.4 Å². The third kappa shape index (κ3) is 9.09. The first-order chi connectivity index (χ1) is 11.8. The largest absolute Gasteiger partial charge is 0.494 e. The number of ether oxygens (including phenoxy) is 2.